The van der Waals surface area contributed by atoms with Crippen molar-refractivity contribution in [3.05, 3.63) is 33.4 Å². The smallest absolute Gasteiger partial charge is 0.308 e. The Morgan fingerprint density at radius 2 is 2.18 bits per heavy atom. The van der Waals surface area contributed by atoms with Gasteiger partial charge in [-0.15, -0.1) is 0 Å². The van der Waals surface area contributed by atoms with Gasteiger partial charge >= 0.3 is 5.97 Å². The summed E-state index contributed by atoms with van der Waals surface area (Å²) in [5.74, 6) is -1.10. The number of carbonyl (C=O) groups excluding carboxylic acids is 3. The van der Waals surface area contributed by atoms with Crippen molar-refractivity contribution >= 4 is 57.7 Å². The highest BCUT2D eigenvalue weighted by Gasteiger charge is 2.34. The van der Waals surface area contributed by atoms with Gasteiger partial charge in [-0.2, -0.15) is 0 Å². The van der Waals surface area contributed by atoms with Crippen LogP contribution in [0.25, 0.3) is 0 Å². The number of unbranched alkanes of at least 4 members (excludes halogenated alkanes) is 2. The van der Waals surface area contributed by atoms with Gasteiger partial charge in [0.2, 0.25) is 5.91 Å². The number of hydrogen-bond donors (Lipinski definition) is 2. The van der Waals surface area contributed by atoms with Crippen LogP contribution in [0.5, 0.6) is 0 Å². The summed E-state index contributed by atoms with van der Waals surface area (Å²) in [6.07, 6.45) is 2.70. The predicted molar refractivity (Wildman–Crippen MR) is 118 cm³/mol. The van der Waals surface area contributed by atoms with Crippen molar-refractivity contribution in [1.29, 1.82) is 0 Å². The molecule has 1 aromatic carbocycles. The van der Waals surface area contributed by atoms with Gasteiger partial charge in [0, 0.05) is 22.2 Å². The lowest BCUT2D eigenvalue weighted by atomic mass is 10.1. The summed E-state index contributed by atoms with van der Waals surface area (Å²) in [5.41, 5.74) is 0.475. The van der Waals surface area contributed by atoms with Crippen LogP contribution in [-0.2, 0) is 14.3 Å². The maximum atomic E-state index is 12.4. The maximum absolute atomic E-state index is 12.4. The van der Waals surface area contributed by atoms with Gasteiger partial charge in [0.05, 0.1) is 13.0 Å². The zero-order chi connectivity index (χ0) is 20.5. The molecule has 2 N–H and O–H groups in total. The molecule has 1 atom stereocenters. The van der Waals surface area contributed by atoms with E-state index >= 15 is 0 Å². The third kappa shape index (κ3) is 6.69. The summed E-state index contributed by atoms with van der Waals surface area (Å²) < 4.78 is 6.14. The number of nitrogens with zero attached hydrogens (tertiary/aromatic N) is 1. The first-order valence-electron chi connectivity index (χ1n) is 9.23. The minimum atomic E-state index is -0.795. The Hall–Kier alpha value is -1.75. The molecule has 0 aromatic heterocycles. The van der Waals surface area contributed by atoms with E-state index in [0.717, 1.165) is 22.8 Å². The van der Waals surface area contributed by atoms with E-state index in [1.54, 1.807) is 23.1 Å². The fourth-order valence-corrected chi connectivity index (χ4v) is 3.64. The highest BCUT2D eigenvalue weighted by molar-refractivity contribution is 14.1. The Morgan fingerprint density at radius 3 is 2.89 bits per heavy atom. The molecular weight excluding hydrogens is 493 g/mol. The van der Waals surface area contributed by atoms with Gasteiger partial charge in [-0.3, -0.25) is 19.7 Å². The number of benzene rings is 1. The Bertz CT molecular complexity index is 744. The van der Waals surface area contributed by atoms with Crippen LogP contribution in [-0.4, -0.2) is 53.5 Å². The van der Waals surface area contributed by atoms with Crippen molar-refractivity contribution in [3.63, 3.8) is 0 Å². The molecule has 0 spiro atoms. The molecule has 1 fully saturated rings. The molecule has 7 nitrogen and oxygen atoms in total. The molecule has 1 saturated heterocycles. The van der Waals surface area contributed by atoms with E-state index in [2.05, 4.69) is 40.1 Å². The number of piperazine rings is 1. The Kier molecular flexibility index (Phi) is 9.10. The second-order valence-electron chi connectivity index (χ2n) is 6.40. The molecule has 152 valence electrons. The molecule has 28 heavy (non-hydrogen) atoms. The van der Waals surface area contributed by atoms with Gasteiger partial charge < -0.3 is 15.0 Å². The van der Waals surface area contributed by atoms with Crippen molar-refractivity contribution in [2.75, 3.05) is 19.7 Å². The zero-order valence-electron chi connectivity index (χ0n) is 15.7. The molecule has 2 amide bonds. The van der Waals surface area contributed by atoms with Crippen molar-refractivity contribution in [2.45, 2.75) is 38.6 Å². The number of ether oxygens (including phenoxy) is 1. The van der Waals surface area contributed by atoms with Crippen LogP contribution in [0, 0.1) is 3.57 Å². The number of thiocarbonyl (C=S) groups is 1. The van der Waals surface area contributed by atoms with Crippen LogP contribution in [0.15, 0.2) is 24.3 Å². The molecule has 1 aromatic rings. The van der Waals surface area contributed by atoms with E-state index in [1.165, 1.54) is 0 Å². The first-order chi connectivity index (χ1) is 13.4. The average Bonchev–Trinajstić information content (AvgIpc) is 2.66. The Labute approximate surface area is 183 Å². The average molecular weight is 517 g/mol. The fourth-order valence-electron chi connectivity index (χ4n) is 2.79. The van der Waals surface area contributed by atoms with Crippen LogP contribution in [0.1, 0.15) is 43.0 Å². The summed E-state index contributed by atoms with van der Waals surface area (Å²) >= 11 is 7.47. The Morgan fingerprint density at radius 1 is 1.39 bits per heavy atom. The fraction of sp³-hybridized carbons (Fsp3) is 0.474. The standard InChI is InChI=1S/C19H24IN3O4S/c1-2-3-4-10-27-16(24)12-15-18(26)21-8-9-23(15)19(28)22-17(25)13-6-5-7-14(20)11-13/h5-7,11,15H,2-4,8-10,12H2,1H3,(H,21,26)(H,22,25,28). The second-order valence-corrected chi connectivity index (χ2v) is 8.03. The number of halogens is 1. The number of amides is 2. The zero-order valence-corrected chi connectivity index (χ0v) is 18.7. The van der Waals surface area contributed by atoms with Crippen LogP contribution in [0.2, 0.25) is 0 Å². The molecule has 1 heterocycles. The third-order valence-corrected chi connectivity index (χ3v) is 5.28. The molecule has 1 aliphatic rings. The molecule has 0 radical (unpaired) electrons. The van der Waals surface area contributed by atoms with Crippen LogP contribution < -0.4 is 10.6 Å². The van der Waals surface area contributed by atoms with Crippen LogP contribution >= 0.6 is 34.8 Å². The van der Waals surface area contributed by atoms with Gasteiger partial charge in [0.25, 0.3) is 5.91 Å². The number of nitrogens with one attached hydrogen (secondary N) is 2. The minimum absolute atomic E-state index is 0.114. The first-order valence-corrected chi connectivity index (χ1v) is 10.7. The van der Waals surface area contributed by atoms with E-state index in [1.807, 2.05) is 6.07 Å². The highest BCUT2D eigenvalue weighted by atomic mass is 127. The van der Waals surface area contributed by atoms with Gasteiger partial charge in [-0.1, -0.05) is 25.8 Å². The normalized spacial score (nSPS) is 16.3. The van der Waals surface area contributed by atoms with E-state index in [0.29, 0.717) is 25.3 Å². The van der Waals surface area contributed by atoms with Crippen molar-refractivity contribution in [2.24, 2.45) is 0 Å². The highest BCUT2D eigenvalue weighted by Crippen LogP contribution is 2.12. The van der Waals surface area contributed by atoms with E-state index in [-0.39, 0.29) is 23.3 Å². The number of esters is 1. The van der Waals surface area contributed by atoms with Crippen molar-refractivity contribution in [1.82, 2.24) is 15.5 Å². The quantitative estimate of drug-likeness (QED) is 0.250. The minimum Gasteiger partial charge on any atom is -0.466 e. The van der Waals surface area contributed by atoms with Crippen molar-refractivity contribution in [3.8, 4) is 0 Å². The number of rotatable bonds is 7. The lowest BCUT2D eigenvalue weighted by molar-refractivity contribution is -0.147. The Balaban J connectivity index is 1.98. The van der Waals surface area contributed by atoms with E-state index < -0.39 is 12.0 Å². The third-order valence-electron chi connectivity index (χ3n) is 4.27. The lowest BCUT2D eigenvalue weighted by Crippen LogP contribution is -2.60. The van der Waals surface area contributed by atoms with Gasteiger partial charge in [-0.25, -0.2) is 0 Å². The SMILES string of the molecule is CCCCCOC(=O)CC1C(=O)NCCN1C(=S)NC(=O)c1cccc(I)c1. The molecule has 1 aliphatic heterocycles. The van der Waals surface area contributed by atoms with Gasteiger partial charge in [0.1, 0.15) is 6.04 Å². The van der Waals surface area contributed by atoms with Gasteiger partial charge in [0.15, 0.2) is 5.11 Å². The number of carbonyl (C=O) groups is 3. The molecule has 2 rings (SSSR count). The van der Waals surface area contributed by atoms with E-state index in [9.17, 15) is 14.4 Å². The van der Waals surface area contributed by atoms with E-state index in [4.69, 9.17) is 17.0 Å². The second kappa shape index (κ2) is 11.3. The summed E-state index contributed by atoms with van der Waals surface area (Å²) in [5, 5.41) is 5.52. The number of hydrogen-bond acceptors (Lipinski definition) is 5. The maximum Gasteiger partial charge on any atom is 0.308 e. The lowest BCUT2D eigenvalue weighted by Gasteiger charge is -2.36. The van der Waals surface area contributed by atoms with Crippen molar-refractivity contribution < 1.29 is 19.1 Å². The summed E-state index contributed by atoms with van der Waals surface area (Å²) in [6, 6.07) is 6.30. The summed E-state index contributed by atoms with van der Waals surface area (Å²) in [6.45, 7) is 3.21. The molecule has 9 heteroatoms. The predicted octanol–water partition coefficient (Wildman–Crippen LogP) is 2.23. The summed E-state index contributed by atoms with van der Waals surface area (Å²) in [7, 11) is 0. The molecule has 0 saturated carbocycles. The largest absolute Gasteiger partial charge is 0.466 e. The first kappa shape index (κ1) is 22.5. The molecule has 0 aliphatic carbocycles. The molecule has 0 bridgehead atoms. The topological polar surface area (TPSA) is 87.7 Å². The summed E-state index contributed by atoms with van der Waals surface area (Å²) in [4.78, 5) is 38.4. The monoisotopic (exact) mass is 517 g/mol. The molecular formula is C19H24IN3O4S. The van der Waals surface area contributed by atoms with Crippen LogP contribution in [0.4, 0.5) is 0 Å². The molecule has 1 unspecified atom stereocenters. The van der Waals surface area contributed by atoms with Crippen LogP contribution in [0.3, 0.4) is 0 Å². The van der Waals surface area contributed by atoms with Gasteiger partial charge in [-0.05, 0) is 59.4 Å².